The van der Waals surface area contributed by atoms with Crippen molar-refractivity contribution in [3.05, 3.63) is 65.0 Å². The predicted octanol–water partition coefficient (Wildman–Crippen LogP) is 5.94. The second kappa shape index (κ2) is 13.0. The van der Waals surface area contributed by atoms with Crippen LogP contribution in [0.5, 0.6) is 0 Å². The van der Waals surface area contributed by atoms with Gasteiger partial charge in [0.05, 0.1) is 17.2 Å². The average molecular weight is 648 g/mol. The number of carbonyl (C=O) groups is 3. The number of amides is 5. The van der Waals surface area contributed by atoms with Gasteiger partial charge in [-0.05, 0) is 61.6 Å². The summed E-state index contributed by atoms with van der Waals surface area (Å²) >= 11 is 0. The zero-order valence-corrected chi connectivity index (χ0v) is 24.3. The Bertz CT molecular complexity index is 1360. The zero-order chi connectivity index (χ0) is 33.3. The van der Waals surface area contributed by atoms with Crippen LogP contribution >= 0.6 is 0 Å². The fraction of sp³-hybridized carbons (Fsp3) is 0.483. The first-order valence-corrected chi connectivity index (χ1v) is 14.0. The van der Waals surface area contributed by atoms with Gasteiger partial charge in [0, 0.05) is 44.8 Å². The Labute approximate surface area is 254 Å². The molecule has 2 aromatic carbocycles. The lowest BCUT2D eigenvalue weighted by Gasteiger charge is -2.33. The number of likely N-dealkylation sites (N-methyl/N-ethyl adjacent to an activating group) is 1. The number of rotatable bonds is 5. The van der Waals surface area contributed by atoms with Crippen LogP contribution in [0, 0.1) is 5.82 Å². The monoisotopic (exact) mass is 647 g/mol. The van der Waals surface area contributed by atoms with Gasteiger partial charge in [-0.25, -0.2) is 18.8 Å². The molecule has 0 radical (unpaired) electrons. The molecule has 246 valence electrons. The Morgan fingerprint density at radius 2 is 1.44 bits per heavy atom. The van der Waals surface area contributed by atoms with Crippen molar-refractivity contribution < 1.29 is 49.9 Å². The van der Waals surface area contributed by atoms with E-state index in [0.717, 1.165) is 11.9 Å². The fourth-order valence-electron chi connectivity index (χ4n) is 5.76. The highest BCUT2D eigenvalue weighted by atomic mass is 19.4. The van der Waals surface area contributed by atoms with E-state index >= 15 is 0 Å². The van der Waals surface area contributed by atoms with Crippen LogP contribution in [0.2, 0.25) is 0 Å². The Kier molecular flexibility index (Phi) is 9.73. The lowest BCUT2D eigenvalue weighted by Crippen LogP contribution is -2.49. The molecule has 5 amide bonds. The fourth-order valence-corrected chi connectivity index (χ4v) is 5.76. The number of benzene rings is 2. The van der Waals surface area contributed by atoms with E-state index in [9.17, 15) is 45.1 Å². The third-order valence-corrected chi connectivity index (χ3v) is 8.20. The number of primary amides is 1. The molecule has 2 aromatic rings. The van der Waals surface area contributed by atoms with Crippen LogP contribution in [-0.4, -0.2) is 73.3 Å². The summed E-state index contributed by atoms with van der Waals surface area (Å²) in [6.45, 7) is 0.0614. The summed E-state index contributed by atoms with van der Waals surface area (Å²) < 4.78 is 99.4. The van der Waals surface area contributed by atoms with Crippen LogP contribution in [0.25, 0.3) is 0 Å². The highest BCUT2D eigenvalue weighted by molar-refractivity contribution is 5.92. The van der Waals surface area contributed by atoms with Gasteiger partial charge in [-0.1, -0.05) is 12.1 Å². The predicted molar refractivity (Wildman–Crippen MR) is 148 cm³/mol. The maximum atomic E-state index is 13.7. The minimum absolute atomic E-state index is 0.0270. The first-order valence-electron chi connectivity index (χ1n) is 14.0. The highest BCUT2D eigenvalue weighted by Crippen LogP contribution is 2.39. The lowest BCUT2D eigenvalue weighted by atomic mass is 9.93. The number of anilines is 1. The first kappa shape index (κ1) is 33.6. The van der Waals surface area contributed by atoms with Gasteiger partial charge in [-0.3, -0.25) is 4.90 Å². The van der Waals surface area contributed by atoms with Gasteiger partial charge in [-0.2, -0.15) is 26.3 Å². The number of nitrogens with two attached hydrogens (primary N) is 1. The number of hydrogen-bond acceptors (Lipinski definition) is 4. The third-order valence-electron chi connectivity index (χ3n) is 8.20. The van der Waals surface area contributed by atoms with Gasteiger partial charge in [0.1, 0.15) is 11.9 Å². The molecule has 1 aliphatic heterocycles. The molecule has 1 saturated carbocycles. The van der Waals surface area contributed by atoms with Crippen LogP contribution in [0.4, 0.5) is 50.8 Å². The number of carbonyl (C=O) groups excluding carboxylic acids is 3. The van der Waals surface area contributed by atoms with Crippen molar-refractivity contribution in [3.63, 3.8) is 0 Å². The summed E-state index contributed by atoms with van der Waals surface area (Å²) in [5, 5.41) is 2.92. The normalized spacial score (nSPS) is 22.1. The third kappa shape index (κ3) is 8.08. The summed E-state index contributed by atoms with van der Waals surface area (Å²) in [5.41, 5.74) is 1.87. The molecule has 45 heavy (non-hydrogen) atoms. The summed E-state index contributed by atoms with van der Waals surface area (Å²) in [5.74, 6) is -1.08. The molecule has 0 spiro atoms. The molecule has 1 heterocycles. The molecule has 0 aromatic heterocycles. The van der Waals surface area contributed by atoms with Gasteiger partial charge < -0.3 is 25.6 Å². The first-order chi connectivity index (χ1) is 20.9. The topological polar surface area (TPSA) is 108 Å². The highest BCUT2D eigenvalue weighted by Gasteiger charge is 2.42. The Hall–Kier alpha value is -4.24. The SMILES string of the molecule is CN(C(=O)N(C)[C@@H]1CN(C(=O)N[C@H]2CC[C@H](OC(N)=O)CC2)C[C@H]1c1ccc(F)cc1)c1cc(C(F)(F)F)cc(C(F)(F)F)c1. The molecule has 1 aliphatic carbocycles. The largest absolute Gasteiger partial charge is 0.446 e. The van der Waals surface area contributed by atoms with Crippen molar-refractivity contribution >= 4 is 23.8 Å². The molecule has 2 fully saturated rings. The van der Waals surface area contributed by atoms with Gasteiger partial charge in [0.2, 0.25) is 0 Å². The molecule has 3 N–H and O–H groups in total. The van der Waals surface area contributed by atoms with E-state index in [2.05, 4.69) is 5.32 Å². The van der Waals surface area contributed by atoms with Crippen molar-refractivity contribution in [2.75, 3.05) is 32.1 Å². The number of likely N-dealkylation sites (tertiary alicyclic amines) is 1. The molecule has 4 rings (SSSR count). The van der Waals surface area contributed by atoms with Crippen molar-refractivity contribution in [1.29, 1.82) is 0 Å². The van der Waals surface area contributed by atoms with Crippen LogP contribution in [-0.2, 0) is 17.1 Å². The number of alkyl halides is 6. The molecule has 1 saturated heterocycles. The quantitative estimate of drug-likeness (QED) is 0.392. The maximum Gasteiger partial charge on any atom is 0.416 e. The van der Waals surface area contributed by atoms with Gasteiger partial charge in [0.25, 0.3) is 0 Å². The Balaban J connectivity index is 1.55. The van der Waals surface area contributed by atoms with Crippen LogP contribution in [0.3, 0.4) is 0 Å². The van der Waals surface area contributed by atoms with Gasteiger partial charge in [0.15, 0.2) is 0 Å². The van der Waals surface area contributed by atoms with Crippen molar-refractivity contribution in [2.45, 2.75) is 62.1 Å². The zero-order valence-electron chi connectivity index (χ0n) is 24.3. The van der Waals surface area contributed by atoms with E-state index in [4.69, 9.17) is 10.5 Å². The number of nitrogens with zero attached hydrogens (tertiary/aromatic N) is 3. The molecular weight excluding hydrogens is 615 g/mol. The van der Waals surface area contributed by atoms with Crippen LogP contribution in [0.15, 0.2) is 42.5 Å². The lowest BCUT2D eigenvalue weighted by molar-refractivity contribution is -0.143. The second-order valence-corrected chi connectivity index (χ2v) is 11.2. The van der Waals surface area contributed by atoms with E-state index in [0.29, 0.717) is 48.3 Å². The summed E-state index contributed by atoms with van der Waals surface area (Å²) in [7, 11) is 2.39. The van der Waals surface area contributed by atoms with E-state index in [-0.39, 0.29) is 31.3 Å². The van der Waals surface area contributed by atoms with E-state index in [1.165, 1.54) is 36.2 Å². The van der Waals surface area contributed by atoms with Crippen LogP contribution < -0.4 is 16.0 Å². The summed E-state index contributed by atoms with van der Waals surface area (Å²) in [6.07, 6.45) is -9.43. The van der Waals surface area contributed by atoms with Crippen LogP contribution in [0.1, 0.15) is 48.3 Å². The number of halogens is 7. The standard InChI is InChI=1S/C29H32F7N5O4/c1-39(21-12-17(28(31,32)33)11-18(13-21)29(34,35)36)27(44)40(2)24-15-41(14-23(24)16-3-5-19(30)6-4-16)26(43)38-20-7-9-22(10-8-20)45-25(37)42/h3-6,11-13,20,22-24H,7-10,14-15H2,1-2H3,(H2,37,42)(H,38,43)/t20-,22-,23-,24+/m0/s1. The van der Waals surface area contributed by atoms with Crippen molar-refractivity contribution in [3.8, 4) is 0 Å². The van der Waals surface area contributed by atoms with Crippen molar-refractivity contribution in [2.24, 2.45) is 5.73 Å². The van der Waals surface area contributed by atoms with E-state index in [1.807, 2.05) is 0 Å². The molecule has 0 unspecified atom stereocenters. The minimum atomic E-state index is -5.10. The summed E-state index contributed by atoms with van der Waals surface area (Å²) in [6, 6.07) is 3.88. The maximum absolute atomic E-state index is 13.7. The minimum Gasteiger partial charge on any atom is -0.446 e. The molecule has 16 heteroatoms. The molecular formula is C29H32F7N5O4. The average Bonchev–Trinajstić information content (AvgIpc) is 3.42. The van der Waals surface area contributed by atoms with Gasteiger partial charge >= 0.3 is 30.5 Å². The Morgan fingerprint density at radius 3 is 1.96 bits per heavy atom. The van der Waals surface area contributed by atoms with E-state index in [1.54, 1.807) is 0 Å². The molecule has 2 aliphatic rings. The summed E-state index contributed by atoms with van der Waals surface area (Å²) in [4.78, 5) is 41.1. The molecule has 9 nitrogen and oxygen atoms in total. The number of hydrogen-bond donors (Lipinski definition) is 2. The molecule has 0 bridgehead atoms. The second-order valence-electron chi connectivity index (χ2n) is 11.2. The number of ether oxygens (including phenoxy) is 1. The Morgan fingerprint density at radius 1 is 0.889 bits per heavy atom. The number of urea groups is 2. The van der Waals surface area contributed by atoms with Crippen molar-refractivity contribution in [1.82, 2.24) is 15.1 Å². The molecule has 2 atom stereocenters. The smallest absolute Gasteiger partial charge is 0.416 e. The number of nitrogens with one attached hydrogen (secondary N) is 1. The van der Waals surface area contributed by atoms with E-state index < -0.39 is 65.1 Å². The van der Waals surface area contributed by atoms with Gasteiger partial charge in [-0.15, -0.1) is 0 Å².